The molecule has 2 unspecified atom stereocenters. The van der Waals surface area contributed by atoms with Gasteiger partial charge in [0.15, 0.2) is 0 Å². The molecule has 3 nitrogen and oxygen atoms in total. The Labute approximate surface area is 118 Å². The topological polar surface area (TPSA) is 55.1 Å². The Balaban J connectivity index is 1.71. The fraction of sp³-hybridized carbons (Fsp3) is 0.235. The van der Waals surface area contributed by atoms with Crippen molar-refractivity contribution in [2.24, 2.45) is 5.73 Å². The number of benzene rings is 2. The van der Waals surface area contributed by atoms with Crippen molar-refractivity contribution in [3.63, 3.8) is 0 Å². The smallest absolute Gasteiger partial charge is 0.228 e. The molecule has 20 heavy (non-hydrogen) atoms. The molecule has 1 aliphatic carbocycles. The van der Waals surface area contributed by atoms with E-state index in [0.717, 1.165) is 17.5 Å². The van der Waals surface area contributed by atoms with Gasteiger partial charge in [0.25, 0.3) is 0 Å². The molecule has 2 aromatic carbocycles. The summed E-state index contributed by atoms with van der Waals surface area (Å²) in [7, 11) is 0. The Bertz CT molecular complexity index is 609. The molecule has 0 fully saturated rings. The Hall–Kier alpha value is -2.13. The summed E-state index contributed by atoms with van der Waals surface area (Å²) in [6, 6.07) is 17.9. The number of hydrogen-bond acceptors (Lipinski definition) is 2. The highest BCUT2D eigenvalue weighted by molar-refractivity contribution is 5.87. The van der Waals surface area contributed by atoms with Crippen molar-refractivity contribution in [1.29, 1.82) is 0 Å². The zero-order chi connectivity index (χ0) is 13.9. The molecule has 1 aliphatic rings. The second-order valence-corrected chi connectivity index (χ2v) is 5.16. The third-order valence-electron chi connectivity index (χ3n) is 3.93. The largest absolute Gasteiger partial charge is 0.347 e. The van der Waals surface area contributed by atoms with Crippen molar-refractivity contribution >= 4 is 5.91 Å². The Morgan fingerprint density at radius 2 is 1.85 bits per heavy atom. The minimum absolute atomic E-state index is 0.0241. The lowest BCUT2D eigenvalue weighted by Gasteiger charge is -2.30. The van der Waals surface area contributed by atoms with Gasteiger partial charge in [0.2, 0.25) is 5.91 Å². The van der Waals surface area contributed by atoms with E-state index in [1.165, 1.54) is 5.56 Å². The number of nitrogens with one attached hydrogen (secondary N) is 1. The summed E-state index contributed by atoms with van der Waals surface area (Å²) < 4.78 is 0. The lowest BCUT2D eigenvalue weighted by Crippen LogP contribution is -2.40. The van der Waals surface area contributed by atoms with Crippen molar-refractivity contribution in [3.05, 3.63) is 71.3 Å². The van der Waals surface area contributed by atoms with Crippen LogP contribution in [0.1, 0.15) is 28.7 Å². The van der Waals surface area contributed by atoms with Crippen LogP contribution in [0.2, 0.25) is 0 Å². The summed E-state index contributed by atoms with van der Waals surface area (Å²) >= 11 is 0. The molecule has 0 spiro atoms. The van der Waals surface area contributed by atoms with Crippen molar-refractivity contribution in [2.75, 3.05) is 6.54 Å². The van der Waals surface area contributed by atoms with Gasteiger partial charge in [-0.05, 0) is 23.1 Å². The fourth-order valence-electron chi connectivity index (χ4n) is 2.73. The van der Waals surface area contributed by atoms with Gasteiger partial charge in [0.05, 0.1) is 12.0 Å². The minimum atomic E-state index is -0.114. The highest BCUT2D eigenvalue weighted by Gasteiger charge is 2.32. The van der Waals surface area contributed by atoms with Crippen LogP contribution < -0.4 is 11.1 Å². The maximum atomic E-state index is 12.4. The van der Waals surface area contributed by atoms with Gasteiger partial charge in [-0.2, -0.15) is 0 Å². The van der Waals surface area contributed by atoms with Crippen LogP contribution in [0.4, 0.5) is 0 Å². The molecule has 0 heterocycles. The Morgan fingerprint density at radius 3 is 2.55 bits per heavy atom. The first-order valence-corrected chi connectivity index (χ1v) is 6.93. The molecule has 3 N–H and O–H groups in total. The van der Waals surface area contributed by atoms with E-state index >= 15 is 0 Å². The first-order valence-electron chi connectivity index (χ1n) is 6.93. The monoisotopic (exact) mass is 266 g/mol. The molecule has 2 atom stereocenters. The standard InChI is InChI=1S/C17H18N2O/c18-11-16(12-6-2-1-3-7-12)19-17(20)15-10-13-8-4-5-9-14(13)15/h1-9,15-16H,10-11,18H2,(H,19,20). The summed E-state index contributed by atoms with van der Waals surface area (Å²) in [4.78, 5) is 12.4. The predicted molar refractivity (Wildman–Crippen MR) is 79.3 cm³/mol. The predicted octanol–water partition coefficient (Wildman–Crippen LogP) is 2.14. The van der Waals surface area contributed by atoms with Gasteiger partial charge >= 0.3 is 0 Å². The van der Waals surface area contributed by atoms with E-state index in [1.807, 2.05) is 48.5 Å². The Morgan fingerprint density at radius 1 is 1.15 bits per heavy atom. The van der Waals surface area contributed by atoms with E-state index in [2.05, 4.69) is 11.4 Å². The molecular formula is C17H18N2O. The third-order valence-corrected chi connectivity index (χ3v) is 3.93. The van der Waals surface area contributed by atoms with E-state index in [9.17, 15) is 4.79 Å². The molecule has 1 amide bonds. The summed E-state index contributed by atoms with van der Waals surface area (Å²) in [5.41, 5.74) is 9.27. The fourth-order valence-corrected chi connectivity index (χ4v) is 2.73. The van der Waals surface area contributed by atoms with Crippen molar-refractivity contribution in [3.8, 4) is 0 Å². The highest BCUT2D eigenvalue weighted by Crippen LogP contribution is 2.35. The van der Waals surface area contributed by atoms with Crippen molar-refractivity contribution in [2.45, 2.75) is 18.4 Å². The average Bonchev–Trinajstić information content (AvgIpc) is 2.47. The third kappa shape index (κ3) is 2.32. The van der Waals surface area contributed by atoms with Gasteiger partial charge in [0.1, 0.15) is 0 Å². The molecule has 2 aromatic rings. The minimum Gasteiger partial charge on any atom is -0.347 e. The molecule has 0 aromatic heterocycles. The Kier molecular flexibility index (Phi) is 3.52. The van der Waals surface area contributed by atoms with Gasteiger partial charge < -0.3 is 11.1 Å². The number of nitrogens with two attached hydrogens (primary N) is 1. The molecular weight excluding hydrogens is 248 g/mol. The van der Waals surface area contributed by atoms with Crippen LogP contribution in [0.5, 0.6) is 0 Å². The molecule has 3 rings (SSSR count). The lowest BCUT2D eigenvalue weighted by atomic mass is 9.77. The van der Waals surface area contributed by atoms with E-state index in [1.54, 1.807) is 0 Å². The quantitative estimate of drug-likeness (QED) is 0.891. The number of rotatable bonds is 4. The van der Waals surface area contributed by atoms with E-state index in [4.69, 9.17) is 5.73 Å². The maximum absolute atomic E-state index is 12.4. The first-order chi connectivity index (χ1) is 9.79. The number of carbonyl (C=O) groups excluding carboxylic acids is 1. The maximum Gasteiger partial charge on any atom is 0.228 e. The van der Waals surface area contributed by atoms with Crippen LogP contribution in [-0.2, 0) is 11.2 Å². The van der Waals surface area contributed by atoms with Crippen LogP contribution in [0.25, 0.3) is 0 Å². The van der Waals surface area contributed by atoms with Crippen molar-refractivity contribution < 1.29 is 4.79 Å². The summed E-state index contributed by atoms with van der Waals surface area (Å²) in [5.74, 6) is 0.0481. The number of amides is 1. The average molecular weight is 266 g/mol. The summed E-state index contributed by atoms with van der Waals surface area (Å²) in [6.07, 6.45) is 0.827. The summed E-state index contributed by atoms with van der Waals surface area (Å²) in [5, 5.41) is 3.06. The molecule has 0 radical (unpaired) electrons. The van der Waals surface area contributed by atoms with Crippen LogP contribution in [0.15, 0.2) is 54.6 Å². The van der Waals surface area contributed by atoms with E-state index < -0.39 is 0 Å². The van der Waals surface area contributed by atoms with Gasteiger partial charge in [-0.1, -0.05) is 54.6 Å². The van der Waals surface area contributed by atoms with Crippen molar-refractivity contribution in [1.82, 2.24) is 5.32 Å². The van der Waals surface area contributed by atoms with E-state index in [0.29, 0.717) is 6.54 Å². The van der Waals surface area contributed by atoms with Gasteiger partial charge in [-0.3, -0.25) is 4.79 Å². The highest BCUT2D eigenvalue weighted by atomic mass is 16.2. The van der Waals surface area contributed by atoms with Crippen LogP contribution >= 0.6 is 0 Å². The van der Waals surface area contributed by atoms with Crippen LogP contribution in [-0.4, -0.2) is 12.5 Å². The molecule has 0 aliphatic heterocycles. The second-order valence-electron chi connectivity index (χ2n) is 5.16. The second kappa shape index (κ2) is 5.47. The normalized spacial score (nSPS) is 17.8. The number of carbonyl (C=O) groups is 1. The number of fused-ring (bicyclic) bond motifs is 1. The molecule has 0 saturated carbocycles. The molecule has 0 bridgehead atoms. The first kappa shape index (κ1) is 12.9. The lowest BCUT2D eigenvalue weighted by molar-refractivity contribution is -0.123. The van der Waals surface area contributed by atoms with Gasteiger partial charge in [0, 0.05) is 6.54 Å². The van der Waals surface area contributed by atoms with Crippen LogP contribution in [0, 0.1) is 0 Å². The van der Waals surface area contributed by atoms with E-state index in [-0.39, 0.29) is 17.9 Å². The molecule has 0 saturated heterocycles. The van der Waals surface area contributed by atoms with Crippen LogP contribution in [0.3, 0.4) is 0 Å². The number of hydrogen-bond donors (Lipinski definition) is 2. The SMILES string of the molecule is NCC(NC(=O)C1Cc2ccccc21)c1ccccc1. The van der Waals surface area contributed by atoms with Gasteiger partial charge in [-0.25, -0.2) is 0 Å². The molecule has 3 heteroatoms. The zero-order valence-electron chi connectivity index (χ0n) is 11.3. The summed E-state index contributed by atoms with van der Waals surface area (Å²) in [6.45, 7) is 0.407. The van der Waals surface area contributed by atoms with Gasteiger partial charge in [-0.15, -0.1) is 0 Å². The molecule has 102 valence electrons. The zero-order valence-corrected chi connectivity index (χ0v) is 11.3.